The average Bonchev–Trinajstić information content (AvgIpc) is 2.99. The van der Waals surface area contributed by atoms with Gasteiger partial charge in [-0.25, -0.2) is 8.42 Å². The highest BCUT2D eigenvalue weighted by molar-refractivity contribution is 7.90. The van der Waals surface area contributed by atoms with Crippen LogP contribution in [0.4, 0.5) is 0 Å². The molecule has 1 aromatic carbocycles. The van der Waals surface area contributed by atoms with Crippen molar-refractivity contribution >= 4 is 15.7 Å². The minimum absolute atomic E-state index is 0.195. The lowest BCUT2D eigenvalue weighted by Gasteiger charge is -2.33. The third kappa shape index (κ3) is 3.35. The zero-order valence-electron chi connectivity index (χ0n) is 16.3. The van der Waals surface area contributed by atoms with Crippen molar-refractivity contribution in [3.8, 4) is 11.3 Å². The summed E-state index contributed by atoms with van der Waals surface area (Å²) in [6, 6.07) is 7.43. The number of fused-ring (bicyclic) bond motifs is 3. The van der Waals surface area contributed by atoms with Crippen LogP contribution in [0.5, 0.6) is 0 Å². The Kier molecular flexibility index (Phi) is 5.01. The number of hydrogen-bond acceptors (Lipinski definition) is 5. The van der Waals surface area contributed by atoms with Gasteiger partial charge in [0.25, 0.3) is 5.91 Å². The van der Waals surface area contributed by atoms with Crippen LogP contribution in [0.1, 0.15) is 42.2 Å². The molecule has 0 bridgehead atoms. The molecule has 2 aliphatic heterocycles. The number of benzene rings is 1. The van der Waals surface area contributed by atoms with Gasteiger partial charge in [-0.1, -0.05) is 24.6 Å². The van der Waals surface area contributed by atoms with Gasteiger partial charge in [-0.05, 0) is 32.4 Å². The molecule has 1 N–H and O–H groups in total. The molecule has 2 aliphatic rings. The van der Waals surface area contributed by atoms with E-state index in [2.05, 4.69) is 22.2 Å². The number of carbonyl (C=O) groups is 1. The molecule has 150 valence electrons. The summed E-state index contributed by atoms with van der Waals surface area (Å²) in [5, 5.41) is 7.29. The van der Waals surface area contributed by atoms with Crippen LogP contribution in [0.15, 0.2) is 29.2 Å². The number of carbonyl (C=O) groups excluding carboxylic acids is 1. The average molecular weight is 403 g/mol. The van der Waals surface area contributed by atoms with Crippen LogP contribution in [0.25, 0.3) is 11.3 Å². The third-order valence-corrected chi connectivity index (χ3v) is 7.49. The maximum absolute atomic E-state index is 12.8. The minimum Gasteiger partial charge on any atom is -0.349 e. The van der Waals surface area contributed by atoms with Crippen LogP contribution in [0, 0.1) is 0 Å². The quantitative estimate of drug-likeness (QED) is 0.845. The molecule has 8 heteroatoms. The molecule has 1 atom stereocenters. The summed E-state index contributed by atoms with van der Waals surface area (Å²) < 4.78 is 27.0. The Morgan fingerprint density at radius 3 is 2.86 bits per heavy atom. The highest BCUT2D eigenvalue weighted by Crippen LogP contribution is 2.38. The molecular formula is C20H26N4O3S. The highest BCUT2D eigenvalue weighted by Gasteiger charge is 2.34. The number of aryl methyl sites for hydroxylation is 1. The highest BCUT2D eigenvalue weighted by atomic mass is 32.2. The normalized spacial score (nSPS) is 21.0. The number of sulfone groups is 1. The van der Waals surface area contributed by atoms with Gasteiger partial charge in [0.15, 0.2) is 15.5 Å². The summed E-state index contributed by atoms with van der Waals surface area (Å²) in [5.41, 5.74) is 2.02. The SMILES string of the molecule is C[C@@H]1CCCCN1CCNC(=O)c1nn(C)c2c1CS(=O)(=O)c1ccccc1-2. The molecule has 3 heterocycles. The molecule has 0 unspecified atom stereocenters. The second-order valence-electron chi connectivity index (χ2n) is 7.69. The summed E-state index contributed by atoms with van der Waals surface area (Å²) in [4.78, 5) is 15.5. The Morgan fingerprint density at radius 2 is 2.07 bits per heavy atom. The molecule has 0 spiro atoms. The van der Waals surface area contributed by atoms with Crippen LogP contribution < -0.4 is 5.32 Å². The Hall–Kier alpha value is -2.19. The summed E-state index contributed by atoms with van der Waals surface area (Å²) in [6.07, 6.45) is 3.66. The van der Waals surface area contributed by atoms with Gasteiger partial charge in [-0.15, -0.1) is 0 Å². The zero-order chi connectivity index (χ0) is 19.9. The summed E-state index contributed by atoms with van der Waals surface area (Å²) in [5.74, 6) is -0.505. The smallest absolute Gasteiger partial charge is 0.272 e. The molecule has 7 nitrogen and oxygen atoms in total. The van der Waals surface area contributed by atoms with E-state index in [4.69, 9.17) is 0 Å². The van der Waals surface area contributed by atoms with Crippen LogP contribution in [-0.4, -0.2) is 54.7 Å². The Morgan fingerprint density at radius 1 is 1.29 bits per heavy atom. The molecule has 1 amide bonds. The largest absolute Gasteiger partial charge is 0.349 e. The van der Waals surface area contributed by atoms with Crippen LogP contribution >= 0.6 is 0 Å². The molecular weight excluding hydrogens is 376 g/mol. The number of piperidine rings is 1. The summed E-state index contributed by atoms with van der Waals surface area (Å²) in [7, 11) is -1.73. The first-order valence-corrected chi connectivity index (χ1v) is 11.4. The van der Waals surface area contributed by atoms with Crippen molar-refractivity contribution < 1.29 is 13.2 Å². The second kappa shape index (κ2) is 7.33. The first kappa shape index (κ1) is 19.1. The first-order chi connectivity index (χ1) is 13.4. The van der Waals surface area contributed by atoms with E-state index in [1.165, 1.54) is 19.3 Å². The predicted octanol–water partition coefficient (Wildman–Crippen LogP) is 1.98. The van der Waals surface area contributed by atoms with E-state index < -0.39 is 9.84 Å². The van der Waals surface area contributed by atoms with Gasteiger partial charge in [0.05, 0.1) is 16.3 Å². The van der Waals surface area contributed by atoms with E-state index in [0.717, 1.165) is 13.1 Å². The number of amides is 1. The van der Waals surface area contributed by atoms with Gasteiger partial charge < -0.3 is 5.32 Å². The molecule has 4 rings (SSSR count). The van der Waals surface area contributed by atoms with Crippen molar-refractivity contribution in [3.63, 3.8) is 0 Å². The van der Waals surface area contributed by atoms with Gasteiger partial charge in [0.1, 0.15) is 0 Å². The van der Waals surface area contributed by atoms with Crippen molar-refractivity contribution in [1.82, 2.24) is 20.0 Å². The fourth-order valence-electron chi connectivity index (χ4n) is 4.31. The van der Waals surface area contributed by atoms with E-state index in [9.17, 15) is 13.2 Å². The van der Waals surface area contributed by atoms with E-state index >= 15 is 0 Å². The fourth-order valence-corrected chi connectivity index (χ4v) is 5.91. The molecule has 1 saturated heterocycles. The number of nitrogens with zero attached hydrogens (tertiary/aromatic N) is 3. The maximum atomic E-state index is 12.8. The number of rotatable bonds is 4. The number of nitrogens with one attached hydrogen (secondary N) is 1. The zero-order valence-corrected chi connectivity index (χ0v) is 17.1. The summed E-state index contributed by atoms with van der Waals surface area (Å²) in [6.45, 7) is 4.60. The topological polar surface area (TPSA) is 84.3 Å². The van der Waals surface area contributed by atoms with Crippen molar-refractivity contribution in [2.75, 3.05) is 19.6 Å². The lowest BCUT2D eigenvalue weighted by Crippen LogP contribution is -2.42. The molecule has 0 aliphatic carbocycles. The standard InChI is InChI=1S/C20H26N4O3S/c1-14-7-5-6-11-24(14)12-10-21-20(25)18-16-13-28(26,27)17-9-4-3-8-15(17)19(16)23(2)22-18/h3-4,8-9,14H,5-7,10-13H2,1-2H3,(H,21,25)/t14-/m1/s1. The van der Waals surface area contributed by atoms with Crippen LogP contribution in [-0.2, 0) is 22.6 Å². The van der Waals surface area contributed by atoms with Crippen molar-refractivity contribution in [3.05, 3.63) is 35.5 Å². The van der Waals surface area contributed by atoms with Crippen LogP contribution in [0.3, 0.4) is 0 Å². The van der Waals surface area contributed by atoms with Gasteiger partial charge in [0.2, 0.25) is 0 Å². The Labute approximate surface area is 165 Å². The first-order valence-electron chi connectivity index (χ1n) is 9.79. The second-order valence-corrected chi connectivity index (χ2v) is 9.65. The predicted molar refractivity (Wildman–Crippen MR) is 107 cm³/mol. The fraction of sp³-hybridized carbons (Fsp3) is 0.500. The third-order valence-electron chi connectivity index (χ3n) is 5.80. The Bertz CT molecular complexity index is 1010. The number of aromatic nitrogens is 2. The van der Waals surface area contributed by atoms with Gasteiger partial charge in [-0.3, -0.25) is 14.4 Å². The molecule has 0 saturated carbocycles. The molecule has 2 aromatic rings. The van der Waals surface area contributed by atoms with Gasteiger partial charge in [0, 0.05) is 37.3 Å². The van der Waals surface area contributed by atoms with Crippen molar-refractivity contribution in [1.29, 1.82) is 0 Å². The lowest BCUT2D eigenvalue weighted by atomic mass is 10.0. The minimum atomic E-state index is -3.48. The number of likely N-dealkylation sites (tertiary alicyclic amines) is 1. The van der Waals surface area contributed by atoms with Crippen molar-refractivity contribution in [2.24, 2.45) is 7.05 Å². The molecule has 1 aromatic heterocycles. The Balaban J connectivity index is 1.55. The van der Waals surface area contributed by atoms with E-state index in [-0.39, 0.29) is 17.4 Å². The van der Waals surface area contributed by atoms with Crippen LogP contribution in [0.2, 0.25) is 0 Å². The molecule has 28 heavy (non-hydrogen) atoms. The molecule has 1 fully saturated rings. The monoisotopic (exact) mass is 402 g/mol. The van der Waals surface area contributed by atoms with Crippen molar-refractivity contribution in [2.45, 2.75) is 42.9 Å². The van der Waals surface area contributed by atoms with Gasteiger partial charge >= 0.3 is 0 Å². The molecule has 0 radical (unpaired) electrons. The van der Waals surface area contributed by atoms with E-state index in [0.29, 0.717) is 34.3 Å². The van der Waals surface area contributed by atoms with Gasteiger partial charge in [-0.2, -0.15) is 5.10 Å². The summed E-state index contributed by atoms with van der Waals surface area (Å²) >= 11 is 0. The number of hydrogen-bond donors (Lipinski definition) is 1. The van der Waals surface area contributed by atoms with E-state index in [1.807, 2.05) is 0 Å². The lowest BCUT2D eigenvalue weighted by molar-refractivity contribution is 0.0932. The van der Waals surface area contributed by atoms with E-state index in [1.54, 1.807) is 36.0 Å². The maximum Gasteiger partial charge on any atom is 0.272 e.